The molecule has 2 aromatic rings. The Balaban J connectivity index is 2.25. The Kier molecular flexibility index (Phi) is 4.53. The lowest BCUT2D eigenvalue weighted by molar-refractivity contribution is 0.0789. The fraction of sp³-hybridized carbons (Fsp3) is 0.333. The molecule has 0 atom stereocenters. The number of para-hydroxylation sites is 1. The summed E-state index contributed by atoms with van der Waals surface area (Å²) in [7, 11) is 3.55. The first-order valence-corrected chi connectivity index (χ1v) is 6.56. The van der Waals surface area contributed by atoms with Crippen molar-refractivity contribution in [3.63, 3.8) is 0 Å². The molecule has 2 rings (SSSR count). The van der Waals surface area contributed by atoms with Crippen LogP contribution in [0.5, 0.6) is 0 Å². The van der Waals surface area contributed by atoms with Crippen molar-refractivity contribution >= 4 is 16.9 Å². The van der Waals surface area contributed by atoms with Crippen molar-refractivity contribution in [2.45, 2.75) is 6.42 Å². The van der Waals surface area contributed by atoms with Gasteiger partial charge in [-0.15, -0.1) is 0 Å². The van der Waals surface area contributed by atoms with Crippen molar-refractivity contribution < 1.29 is 9.21 Å². The fourth-order valence-electron chi connectivity index (χ4n) is 2.01. The second-order valence-electron chi connectivity index (χ2n) is 4.67. The normalized spacial score (nSPS) is 10.7. The van der Waals surface area contributed by atoms with E-state index in [0.29, 0.717) is 12.1 Å². The lowest BCUT2D eigenvalue weighted by Crippen LogP contribution is -2.32. The van der Waals surface area contributed by atoms with E-state index in [-0.39, 0.29) is 11.5 Å². The van der Waals surface area contributed by atoms with Crippen LogP contribution in [0.1, 0.15) is 16.8 Å². The molecule has 5 nitrogen and oxygen atoms in total. The molecule has 1 amide bonds. The second kappa shape index (κ2) is 6.34. The van der Waals surface area contributed by atoms with Crippen molar-refractivity contribution in [2.75, 3.05) is 27.2 Å². The van der Waals surface area contributed by atoms with E-state index in [0.717, 1.165) is 18.4 Å². The van der Waals surface area contributed by atoms with E-state index in [2.05, 4.69) is 5.32 Å². The van der Waals surface area contributed by atoms with Crippen LogP contribution in [0.3, 0.4) is 0 Å². The minimum Gasteiger partial charge on any atom is -0.422 e. The van der Waals surface area contributed by atoms with Gasteiger partial charge in [-0.05, 0) is 32.1 Å². The number of hydrogen-bond donors (Lipinski definition) is 1. The van der Waals surface area contributed by atoms with Gasteiger partial charge < -0.3 is 14.6 Å². The Morgan fingerprint density at radius 3 is 2.85 bits per heavy atom. The number of amides is 1. The van der Waals surface area contributed by atoms with E-state index in [1.807, 2.05) is 19.2 Å². The Labute approximate surface area is 117 Å². The van der Waals surface area contributed by atoms with E-state index in [1.54, 1.807) is 30.1 Å². The lowest BCUT2D eigenvalue weighted by Gasteiger charge is -2.16. The minimum absolute atomic E-state index is 0.0793. The molecule has 20 heavy (non-hydrogen) atoms. The predicted octanol–water partition coefficient (Wildman–Crippen LogP) is 1.47. The number of nitrogens with one attached hydrogen (secondary N) is 1. The van der Waals surface area contributed by atoms with Gasteiger partial charge >= 0.3 is 5.63 Å². The van der Waals surface area contributed by atoms with E-state index in [4.69, 9.17) is 4.42 Å². The molecule has 0 saturated heterocycles. The topological polar surface area (TPSA) is 62.6 Å². The molecule has 0 aliphatic heterocycles. The van der Waals surface area contributed by atoms with Crippen LogP contribution in [-0.4, -0.2) is 38.0 Å². The first kappa shape index (κ1) is 14.3. The molecule has 5 heteroatoms. The molecule has 0 radical (unpaired) electrons. The number of carbonyl (C=O) groups is 1. The number of carbonyl (C=O) groups excluding carboxylic acids is 1. The number of hydrogen-bond acceptors (Lipinski definition) is 4. The maximum atomic E-state index is 12.2. The zero-order valence-electron chi connectivity index (χ0n) is 11.7. The molecule has 0 aliphatic rings. The Bertz CT molecular complexity index is 663. The highest BCUT2D eigenvalue weighted by Crippen LogP contribution is 2.13. The van der Waals surface area contributed by atoms with Crippen LogP contribution in [0, 0.1) is 0 Å². The molecule has 1 aromatic heterocycles. The predicted molar refractivity (Wildman–Crippen MR) is 78.0 cm³/mol. The second-order valence-corrected chi connectivity index (χ2v) is 4.67. The maximum absolute atomic E-state index is 12.2. The average Bonchev–Trinajstić information content (AvgIpc) is 2.46. The zero-order chi connectivity index (χ0) is 14.5. The summed E-state index contributed by atoms with van der Waals surface area (Å²) < 4.78 is 5.17. The summed E-state index contributed by atoms with van der Waals surface area (Å²) >= 11 is 0. The van der Waals surface area contributed by atoms with Gasteiger partial charge in [-0.1, -0.05) is 18.2 Å². The minimum atomic E-state index is -0.589. The van der Waals surface area contributed by atoms with Crippen LogP contribution in [0.15, 0.2) is 39.5 Å². The highest BCUT2D eigenvalue weighted by molar-refractivity contribution is 5.96. The molecule has 0 spiro atoms. The van der Waals surface area contributed by atoms with Crippen molar-refractivity contribution in [1.29, 1.82) is 0 Å². The van der Waals surface area contributed by atoms with Crippen molar-refractivity contribution in [1.82, 2.24) is 10.2 Å². The molecule has 1 N–H and O–H groups in total. The van der Waals surface area contributed by atoms with Gasteiger partial charge in [0.15, 0.2) is 0 Å². The van der Waals surface area contributed by atoms with Gasteiger partial charge in [0.1, 0.15) is 11.1 Å². The third-order valence-corrected chi connectivity index (χ3v) is 3.14. The van der Waals surface area contributed by atoms with Crippen molar-refractivity contribution in [2.24, 2.45) is 0 Å². The van der Waals surface area contributed by atoms with E-state index in [9.17, 15) is 9.59 Å². The first-order valence-electron chi connectivity index (χ1n) is 6.56. The Hall–Kier alpha value is -2.14. The summed E-state index contributed by atoms with van der Waals surface area (Å²) in [6.45, 7) is 1.41. The molecule has 0 aliphatic carbocycles. The molecule has 1 aromatic carbocycles. The van der Waals surface area contributed by atoms with E-state index in [1.165, 1.54) is 0 Å². The van der Waals surface area contributed by atoms with Crippen molar-refractivity contribution in [3.05, 3.63) is 46.3 Å². The lowest BCUT2D eigenvalue weighted by atomic mass is 10.1. The summed E-state index contributed by atoms with van der Waals surface area (Å²) in [5.41, 5.74) is -0.0169. The van der Waals surface area contributed by atoms with Gasteiger partial charge in [-0.25, -0.2) is 4.79 Å². The summed E-state index contributed by atoms with van der Waals surface area (Å²) in [5.74, 6) is -0.305. The molecular weight excluding hydrogens is 256 g/mol. The molecular formula is C15H18N2O3. The average molecular weight is 274 g/mol. The molecule has 0 bridgehead atoms. The van der Waals surface area contributed by atoms with Crippen molar-refractivity contribution in [3.8, 4) is 0 Å². The molecule has 1 heterocycles. The largest absolute Gasteiger partial charge is 0.422 e. The van der Waals surface area contributed by atoms with Gasteiger partial charge in [0.05, 0.1) is 0 Å². The van der Waals surface area contributed by atoms with Crippen LogP contribution < -0.4 is 10.9 Å². The monoisotopic (exact) mass is 274 g/mol. The highest BCUT2D eigenvalue weighted by atomic mass is 16.4. The summed E-state index contributed by atoms with van der Waals surface area (Å²) in [6.07, 6.45) is 0.831. The third kappa shape index (κ3) is 3.05. The maximum Gasteiger partial charge on any atom is 0.349 e. The summed E-state index contributed by atoms with van der Waals surface area (Å²) in [4.78, 5) is 25.7. The van der Waals surface area contributed by atoms with Gasteiger partial charge in [0.2, 0.25) is 0 Å². The molecule has 0 saturated carbocycles. The molecule has 106 valence electrons. The number of nitrogens with zero attached hydrogens (tertiary/aromatic N) is 1. The van der Waals surface area contributed by atoms with Crippen LogP contribution in [0.2, 0.25) is 0 Å². The number of rotatable bonds is 5. The summed E-state index contributed by atoms with van der Waals surface area (Å²) in [6, 6.07) is 8.75. The van der Waals surface area contributed by atoms with Gasteiger partial charge in [-0.2, -0.15) is 0 Å². The van der Waals surface area contributed by atoms with Crippen LogP contribution in [-0.2, 0) is 0 Å². The van der Waals surface area contributed by atoms with Gasteiger partial charge in [-0.3, -0.25) is 4.79 Å². The Morgan fingerprint density at radius 1 is 1.35 bits per heavy atom. The molecule has 0 unspecified atom stereocenters. The third-order valence-electron chi connectivity index (χ3n) is 3.14. The quantitative estimate of drug-likeness (QED) is 0.662. The molecule has 0 fully saturated rings. The smallest absolute Gasteiger partial charge is 0.349 e. The van der Waals surface area contributed by atoms with Crippen LogP contribution in [0.4, 0.5) is 0 Å². The summed E-state index contributed by atoms with van der Waals surface area (Å²) in [5, 5.41) is 3.77. The fourth-order valence-corrected chi connectivity index (χ4v) is 2.01. The number of benzene rings is 1. The van der Waals surface area contributed by atoms with Crippen LogP contribution >= 0.6 is 0 Å². The first-order chi connectivity index (χ1) is 9.63. The van der Waals surface area contributed by atoms with Gasteiger partial charge in [0.25, 0.3) is 5.91 Å². The highest BCUT2D eigenvalue weighted by Gasteiger charge is 2.17. The van der Waals surface area contributed by atoms with Gasteiger partial charge in [0, 0.05) is 19.0 Å². The van der Waals surface area contributed by atoms with Crippen LogP contribution in [0.25, 0.3) is 11.0 Å². The standard InChI is InChI=1S/C15H18N2O3/c1-16-8-5-9-17(2)14(18)12-10-11-6-3-4-7-13(11)20-15(12)19/h3-4,6-7,10,16H,5,8-9H2,1-2H3. The number of fused-ring (bicyclic) bond motifs is 1. The SMILES string of the molecule is CNCCCN(C)C(=O)c1cc2ccccc2oc1=O. The van der Waals surface area contributed by atoms with E-state index < -0.39 is 5.63 Å². The zero-order valence-corrected chi connectivity index (χ0v) is 11.7. The van der Waals surface area contributed by atoms with E-state index >= 15 is 0 Å². The Morgan fingerprint density at radius 2 is 2.10 bits per heavy atom.